The molecule has 0 unspecified atom stereocenters. The molecule has 164 valence electrons. The van der Waals surface area contributed by atoms with E-state index in [-0.39, 0.29) is 27.0 Å². The Hall–Kier alpha value is -2.89. The molecule has 0 amide bonds. The zero-order valence-electron chi connectivity index (χ0n) is 15.8. The van der Waals surface area contributed by atoms with Crippen LogP contribution in [0.3, 0.4) is 0 Å². The lowest BCUT2D eigenvalue weighted by Gasteiger charge is -2.15. The molecule has 0 aromatic heterocycles. The summed E-state index contributed by atoms with van der Waals surface area (Å²) in [6.45, 7) is 0. The van der Waals surface area contributed by atoms with Crippen LogP contribution >= 0.6 is 11.6 Å². The molecule has 0 heterocycles. The molecule has 0 saturated heterocycles. The van der Waals surface area contributed by atoms with E-state index in [1.54, 1.807) is 12.1 Å². The number of nitrogens with one attached hydrogen (secondary N) is 2. The topological polar surface area (TPSA) is 102 Å². The molecule has 0 atom stereocenters. The van der Waals surface area contributed by atoms with E-state index in [0.29, 0.717) is 18.2 Å². The Kier molecular flexibility index (Phi) is 6.39. The summed E-state index contributed by atoms with van der Waals surface area (Å²) in [6.07, 6.45) is 0. The van der Waals surface area contributed by atoms with Crippen molar-refractivity contribution in [3.05, 3.63) is 77.3 Å². The number of para-hydroxylation sites is 1. The first-order valence-corrected chi connectivity index (χ1v) is 11.8. The van der Waals surface area contributed by atoms with Gasteiger partial charge >= 0.3 is 0 Å². The first-order chi connectivity index (χ1) is 14.5. The minimum Gasteiger partial charge on any atom is -0.495 e. The molecule has 0 aliphatic carbocycles. The Morgan fingerprint density at radius 3 is 1.97 bits per heavy atom. The average Bonchev–Trinajstić information content (AvgIpc) is 2.68. The van der Waals surface area contributed by atoms with Gasteiger partial charge in [0.25, 0.3) is 20.0 Å². The number of sulfonamides is 2. The highest BCUT2D eigenvalue weighted by molar-refractivity contribution is 7.93. The van der Waals surface area contributed by atoms with Crippen LogP contribution in [0.25, 0.3) is 0 Å². The standard InChI is InChI=1S/C19H15ClF2N2O5S2/c1-29-19-7-6-14(30(25,26)23-17-5-3-2-4-16(17)20)11-18(19)24-31(27,28)15-9-12(21)8-13(22)10-15/h2-11,23-24H,1H3. The molecular formula is C19H15ClF2N2O5S2. The van der Waals surface area contributed by atoms with Crippen molar-refractivity contribution in [1.82, 2.24) is 0 Å². The van der Waals surface area contributed by atoms with Crippen LogP contribution in [0.2, 0.25) is 5.02 Å². The summed E-state index contributed by atoms with van der Waals surface area (Å²) in [5.74, 6) is -2.20. The summed E-state index contributed by atoms with van der Waals surface area (Å²) < 4.78 is 87.0. The average molecular weight is 489 g/mol. The molecule has 12 heteroatoms. The molecule has 7 nitrogen and oxygen atoms in total. The van der Waals surface area contributed by atoms with Gasteiger partial charge in [-0.2, -0.15) is 0 Å². The number of methoxy groups -OCH3 is 1. The number of rotatable bonds is 7. The first kappa shape index (κ1) is 22.8. The van der Waals surface area contributed by atoms with Gasteiger partial charge in [0.05, 0.1) is 33.3 Å². The monoisotopic (exact) mass is 488 g/mol. The maximum absolute atomic E-state index is 13.4. The predicted octanol–water partition coefficient (Wildman–Crippen LogP) is 4.23. The number of anilines is 2. The van der Waals surface area contributed by atoms with E-state index in [0.717, 1.165) is 6.07 Å². The van der Waals surface area contributed by atoms with Crippen molar-refractivity contribution >= 4 is 43.0 Å². The van der Waals surface area contributed by atoms with E-state index in [2.05, 4.69) is 9.44 Å². The normalized spacial score (nSPS) is 11.7. The van der Waals surface area contributed by atoms with Crippen LogP contribution in [-0.2, 0) is 20.0 Å². The third kappa shape index (κ3) is 5.24. The van der Waals surface area contributed by atoms with Crippen LogP contribution in [0.5, 0.6) is 5.75 Å². The quantitative estimate of drug-likeness (QED) is 0.518. The Labute approximate surface area is 182 Å². The zero-order chi connectivity index (χ0) is 22.8. The number of benzene rings is 3. The first-order valence-electron chi connectivity index (χ1n) is 8.46. The largest absolute Gasteiger partial charge is 0.495 e. The molecule has 0 saturated carbocycles. The molecule has 0 aliphatic rings. The van der Waals surface area contributed by atoms with Crippen molar-refractivity contribution in [2.45, 2.75) is 9.79 Å². The second-order valence-corrected chi connectivity index (χ2v) is 9.93. The molecule has 0 bridgehead atoms. The molecule has 3 aromatic rings. The smallest absolute Gasteiger partial charge is 0.262 e. The number of halogens is 3. The van der Waals surface area contributed by atoms with Crippen molar-refractivity contribution in [2.75, 3.05) is 16.6 Å². The highest BCUT2D eigenvalue weighted by atomic mass is 35.5. The molecule has 31 heavy (non-hydrogen) atoms. The van der Waals surface area contributed by atoms with Gasteiger partial charge in [-0.05, 0) is 42.5 Å². The van der Waals surface area contributed by atoms with Gasteiger partial charge in [0.15, 0.2) is 0 Å². The highest BCUT2D eigenvalue weighted by Crippen LogP contribution is 2.31. The summed E-state index contributed by atoms with van der Waals surface area (Å²) in [6, 6.07) is 11.3. The lowest BCUT2D eigenvalue weighted by molar-refractivity contribution is 0.416. The lowest BCUT2D eigenvalue weighted by Crippen LogP contribution is -2.16. The second kappa shape index (κ2) is 8.69. The molecular weight excluding hydrogens is 474 g/mol. The molecule has 0 spiro atoms. The van der Waals surface area contributed by atoms with Crippen LogP contribution in [-0.4, -0.2) is 23.9 Å². The van der Waals surface area contributed by atoms with Crippen molar-refractivity contribution in [3.63, 3.8) is 0 Å². The van der Waals surface area contributed by atoms with E-state index in [4.69, 9.17) is 16.3 Å². The van der Waals surface area contributed by atoms with E-state index in [1.807, 2.05) is 0 Å². The van der Waals surface area contributed by atoms with Gasteiger partial charge in [-0.15, -0.1) is 0 Å². The minimum absolute atomic E-state index is 0.0165. The van der Waals surface area contributed by atoms with Crippen molar-refractivity contribution < 1.29 is 30.4 Å². The predicted molar refractivity (Wildman–Crippen MR) is 112 cm³/mol. The van der Waals surface area contributed by atoms with Crippen LogP contribution in [0.4, 0.5) is 20.2 Å². The minimum atomic E-state index is -4.47. The van der Waals surface area contributed by atoms with Gasteiger partial charge in [-0.25, -0.2) is 25.6 Å². The fourth-order valence-electron chi connectivity index (χ4n) is 2.57. The van der Waals surface area contributed by atoms with Crippen LogP contribution in [0.15, 0.2) is 70.5 Å². The molecule has 3 rings (SSSR count). The number of hydrogen-bond donors (Lipinski definition) is 2. The van der Waals surface area contributed by atoms with E-state index in [1.165, 1.54) is 31.4 Å². The van der Waals surface area contributed by atoms with E-state index < -0.39 is 36.6 Å². The fraction of sp³-hybridized carbons (Fsp3) is 0.0526. The summed E-state index contributed by atoms with van der Waals surface area (Å²) in [4.78, 5) is -0.995. The molecule has 3 aromatic carbocycles. The maximum atomic E-state index is 13.4. The van der Waals surface area contributed by atoms with Gasteiger partial charge in [-0.3, -0.25) is 9.44 Å². The Bertz CT molecular complexity index is 1330. The van der Waals surface area contributed by atoms with Gasteiger partial charge in [0, 0.05) is 6.07 Å². The van der Waals surface area contributed by atoms with Crippen LogP contribution in [0, 0.1) is 11.6 Å². The summed E-state index contributed by atoms with van der Waals surface area (Å²) >= 11 is 5.98. The van der Waals surface area contributed by atoms with Gasteiger partial charge in [0.2, 0.25) is 0 Å². The number of hydrogen-bond acceptors (Lipinski definition) is 5. The fourth-order valence-corrected chi connectivity index (χ4v) is 5.02. The van der Waals surface area contributed by atoms with E-state index >= 15 is 0 Å². The lowest BCUT2D eigenvalue weighted by atomic mass is 10.3. The second-order valence-electron chi connectivity index (χ2n) is 6.16. The molecule has 0 fully saturated rings. The maximum Gasteiger partial charge on any atom is 0.262 e. The Morgan fingerprint density at radius 1 is 0.774 bits per heavy atom. The molecule has 0 radical (unpaired) electrons. The highest BCUT2D eigenvalue weighted by Gasteiger charge is 2.22. The van der Waals surface area contributed by atoms with E-state index in [9.17, 15) is 25.6 Å². The summed E-state index contributed by atoms with van der Waals surface area (Å²) in [7, 11) is -7.39. The van der Waals surface area contributed by atoms with Crippen molar-refractivity contribution in [3.8, 4) is 5.75 Å². The third-order valence-electron chi connectivity index (χ3n) is 3.99. The molecule has 2 N–H and O–H groups in total. The van der Waals surface area contributed by atoms with Gasteiger partial charge < -0.3 is 4.74 Å². The summed E-state index contributed by atoms with van der Waals surface area (Å²) in [5, 5.41) is 0.161. The Morgan fingerprint density at radius 2 is 1.35 bits per heavy atom. The van der Waals surface area contributed by atoms with Crippen LogP contribution in [0.1, 0.15) is 0 Å². The number of ether oxygens (including phenoxy) is 1. The molecule has 0 aliphatic heterocycles. The van der Waals surface area contributed by atoms with Crippen LogP contribution < -0.4 is 14.2 Å². The summed E-state index contributed by atoms with van der Waals surface area (Å²) in [5.41, 5.74) is -0.133. The SMILES string of the molecule is COc1ccc(S(=O)(=O)Nc2ccccc2Cl)cc1NS(=O)(=O)c1cc(F)cc(F)c1. The van der Waals surface area contributed by atoms with Gasteiger partial charge in [0.1, 0.15) is 17.4 Å². The van der Waals surface area contributed by atoms with Gasteiger partial charge in [-0.1, -0.05) is 23.7 Å². The van der Waals surface area contributed by atoms with Crippen molar-refractivity contribution in [1.29, 1.82) is 0 Å². The zero-order valence-corrected chi connectivity index (χ0v) is 18.2. The third-order valence-corrected chi connectivity index (χ3v) is 7.03. The Balaban J connectivity index is 2.00. The van der Waals surface area contributed by atoms with Crippen molar-refractivity contribution in [2.24, 2.45) is 0 Å².